The number of aromatic nitrogens is 1. The molecule has 1 aliphatic rings. The summed E-state index contributed by atoms with van der Waals surface area (Å²) in [5.41, 5.74) is 2.39. The third kappa shape index (κ3) is 5.28. The molecular formula is C29H30N2O6. The zero-order valence-electron chi connectivity index (χ0n) is 21.1. The first kappa shape index (κ1) is 25.8. The van der Waals surface area contributed by atoms with Crippen LogP contribution in [0.4, 0.5) is 0 Å². The van der Waals surface area contributed by atoms with Crippen molar-refractivity contribution < 1.29 is 29.3 Å². The molecule has 1 amide bonds. The minimum Gasteiger partial charge on any atom is -0.507 e. The van der Waals surface area contributed by atoms with Crippen molar-refractivity contribution in [3.8, 4) is 17.2 Å². The lowest BCUT2D eigenvalue weighted by Gasteiger charge is -2.26. The molecule has 1 saturated heterocycles. The molecular weight excluding hydrogens is 472 g/mol. The summed E-state index contributed by atoms with van der Waals surface area (Å²) >= 11 is 0. The number of methoxy groups -OCH3 is 1. The number of ether oxygens (including phenoxy) is 2. The monoisotopic (exact) mass is 502 g/mol. The van der Waals surface area contributed by atoms with E-state index in [4.69, 9.17) is 9.47 Å². The van der Waals surface area contributed by atoms with Gasteiger partial charge in [0.1, 0.15) is 11.5 Å². The van der Waals surface area contributed by atoms with Crippen molar-refractivity contribution in [3.05, 3.63) is 88.8 Å². The van der Waals surface area contributed by atoms with E-state index in [1.807, 2.05) is 6.92 Å². The van der Waals surface area contributed by atoms with Crippen LogP contribution in [0.15, 0.2) is 66.5 Å². The second-order valence-corrected chi connectivity index (χ2v) is 8.90. The van der Waals surface area contributed by atoms with Gasteiger partial charge in [-0.1, -0.05) is 25.5 Å². The highest BCUT2D eigenvalue weighted by atomic mass is 16.5. The Bertz CT molecular complexity index is 1340. The van der Waals surface area contributed by atoms with E-state index in [2.05, 4.69) is 11.9 Å². The number of hydrogen-bond acceptors (Lipinski definition) is 7. The molecule has 2 N–H and O–H groups in total. The van der Waals surface area contributed by atoms with E-state index in [9.17, 15) is 19.8 Å². The Hall–Kier alpha value is -4.33. The molecule has 1 unspecified atom stereocenters. The Morgan fingerprint density at radius 2 is 1.92 bits per heavy atom. The maximum atomic E-state index is 13.3. The third-order valence-electron chi connectivity index (χ3n) is 6.34. The summed E-state index contributed by atoms with van der Waals surface area (Å²) in [5, 5.41) is 21.5. The Labute approximate surface area is 215 Å². The minimum atomic E-state index is -0.907. The summed E-state index contributed by atoms with van der Waals surface area (Å²) in [7, 11) is 1.42. The first-order chi connectivity index (χ1) is 17.8. The zero-order valence-corrected chi connectivity index (χ0v) is 21.1. The average molecular weight is 503 g/mol. The first-order valence-corrected chi connectivity index (χ1v) is 12.1. The highest BCUT2D eigenvalue weighted by Crippen LogP contribution is 2.42. The number of aryl methyl sites for hydroxylation is 1. The van der Waals surface area contributed by atoms with E-state index >= 15 is 0 Å². The summed E-state index contributed by atoms with van der Waals surface area (Å²) < 4.78 is 11.1. The van der Waals surface area contributed by atoms with Crippen molar-refractivity contribution in [1.82, 2.24) is 9.88 Å². The predicted molar refractivity (Wildman–Crippen MR) is 138 cm³/mol. The summed E-state index contributed by atoms with van der Waals surface area (Å²) in [4.78, 5) is 32.1. The summed E-state index contributed by atoms with van der Waals surface area (Å²) in [6, 6.07) is 12.4. The topological polar surface area (TPSA) is 109 Å². The zero-order chi connectivity index (χ0) is 26.5. The maximum Gasteiger partial charge on any atom is 0.295 e. The molecule has 2 heterocycles. The van der Waals surface area contributed by atoms with Crippen LogP contribution in [0.1, 0.15) is 48.1 Å². The Morgan fingerprint density at radius 3 is 2.59 bits per heavy atom. The molecule has 1 fully saturated rings. The number of aromatic hydroxyl groups is 1. The SMILES string of the molecule is CCCCOc1ccc(/C(O)=C2\C(=O)C(=O)N(Cc3cccnc3)C2c2ccc(O)c(OC)c2)cc1C. The van der Waals surface area contributed by atoms with E-state index in [1.54, 1.807) is 54.9 Å². The lowest BCUT2D eigenvalue weighted by atomic mass is 9.94. The van der Waals surface area contributed by atoms with Gasteiger partial charge < -0.3 is 24.6 Å². The molecule has 0 aliphatic carbocycles. The minimum absolute atomic E-state index is 0.0410. The van der Waals surface area contributed by atoms with Crippen molar-refractivity contribution in [3.63, 3.8) is 0 Å². The summed E-state index contributed by atoms with van der Waals surface area (Å²) in [6.07, 6.45) is 5.18. The number of amides is 1. The van der Waals surface area contributed by atoms with Gasteiger partial charge in [-0.05, 0) is 66.4 Å². The van der Waals surface area contributed by atoms with Crippen LogP contribution in [0.3, 0.4) is 0 Å². The van der Waals surface area contributed by atoms with Crippen LogP contribution in [0.2, 0.25) is 0 Å². The maximum absolute atomic E-state index is 13.3. The van der Waals surface area contributed by atoms with Crippen molar-refractivity contribution in [2.24, 2.45) is 0 Å². The smallest absolute Gasteiger partial charge is 0.295 e. The molecule has 8 nitrogen and oxygen atoms in total. The number of hydrogen-bond donors (Lipinski definition) is 2. The highest BCUT2D eigenvalue weighted by Gasteiger charge is 2.46. The van der Waals surface area contributed by atoms with Crippen LogP contribution in [0.5, 0.6) is 17.2 Å². The second kappa shape index (κ2) is 11.2. The molecule has 4 rings (SSSR count). The Kier molecular flexibility index (Phi) is 7.77. The van der Waals surface area contributed by atoms with Crippen molar-refractivity contribution in [2.75, 3.05) is 13.7 Å². The number of unbranched alkanes of at least 4 members (excludes halogenated alkanes) is 1. The molecule has 8 heteroatoms. The number of pyridine rings is 1. The van der Waals surface area contributed by atoms with Crippen LogP contribution in [0, 0.1) is 6.92 Å². The largest absolute Gasteiger partial charge is 0.507 e. The molecule has 0 saturated carbocycles. The molecule has 1 aromatic heterocycles. The summed E-state index contributed by atoms with van der Waals surface area (Å²) in [6.45, 7) is 4.64. The van der Waals surface area contributed by atoms with Crippen molar-refractivity contribution >= 4 is 17.4 Å². The number of Topliss-reactive ketones (excluding diaryl/α,β-unsaturated/α-hetero) is 1. The lowest BCUT2D eigenvalue weighted by Crippen LogP contribution is -2.29. The van der Waals surface area contributed by atoms with E-state index in [1.165, 1.54) is 18.1 Å². The van der Waals surface area contributed by atoms with Gasteiger partial charge >= 0.3 is 0 Å². The Balaban J connectivity index is 1.81. The van der Waals surface area contributed by atoms with E-state index in [-0.39, 0.29) is 29.4 Å². The van der Waals surface area contributed by atoms with E-state index in [0.717, 1.165) is 24.0 Å². The number of phenols is 1. The number of nitrogens with zero attached hydrogens (tertiary/aromatic N) is 2. The number of ketones is 1. The summed E-state index contributed by atoms with van der Waals surface area (Å²) in [5.74, 6) is -1.01. The number of phenolic OH excluding ortho intramolecular Hbond substituents is 1. The number of carbonyl (C=O) groups excluding carboxylic acids is 2. The van der Waals surface area contributed by atoms with Crippen LogP contribution < -0.4 is 9.47 Å². The fraction of sp³-hybridized carbons (Fsp3) is 0.276. The molecule has 0 bridgehead atoms. The van der Waals surface area contributed by atoms with Gasteiger partial charge in [0.25, 0.3) is 11.7 Å². The quantitative estimate of drug-likeness (QED) is 0.185. The first-order valence-electron chi connectivity index (χ1n) is 12.1. The fourth-order valence-electron chi connectivity index (χ4n) is 4.38. The molecule has 1 aliphatic heterocycles. The van der Waals surface area contributed by atoms with Crippen molar-refractivity contribution in [1.29, 1.82) is 0 Å². The average Bonchev–Trinajstić information content (AvgIpc) is 3.15. The second-order valence-electron chi connectivity index (χ2n) is 8.90. The lowest BCUT2D eigenvalue weighted by molar-refractivity contribution is -0.140. The third-order valence-corrected chi connectivity index (χ3v) is 6.34. The normalized spacial score (nSPS) is 16.7. The van der Waals surface area contributed by atoms with Gasteiger partial charge in [-0.15, -0.1) is 0 Å². The van der Waals surface area contributed by atoms with Gasteiger partial charge in [0.2, 0.25) is 0 Å². The van der Waals surface area contributed by atoms with Gasteiger partial charge in [0.15, 0.2) is 11.5 Å². The van der Waals surface area contributed by atoms with E-state index in [0.29, 0.717) is 23.5 Å². The van der Waals surface area contributed by atoms with Gasteiger partial charge in [0.05, 0.1) is 25.3 Å². The Morgan fingerprint density at radius 1 is 1.11 bits per heavy atom. The molecule has 1 atom stereocenters. The molecule has 192 valence electrons. The predicted octanol–water partition coefficient (Wildman–Crippen LogP) is 4.91. The number of benzene rings is 2. The van der Waals surface area contributed by atoms with Gasteiger partial charge in [-0.25, -0.2) is 0 Å². The van der Waals surface area contributed by atoms with E-state index < -0.39 is 17.7 Å². The molecule has 37 heavy (non-hydrogen) atoms. The van der Waals surface area contributed by atoms with Crippen LogP contribution >= 0.6 is 0 Å². The van der Waals surface area contributed by atoms with Crippen LogP contribution in [-0.2, 0) is 16.1 Å². The van der Waals surface area contributed by atoms with Gasteiger partial charge in [-0.3, -0.25) is 14.6 Å². The molecule has 0 spiro atoms. The number of carbonyl (C=O) groups is 2. The molecule has 2 aromatic carbocycles. The van der Waals surface area contributed by atoms with Crippen LogP contribution in [0.25, 0.3) is 5.76 Å². The highest BCUT2D eigenvalue weighted by molar-refractivity contribution is 6.46. The number of likely N-dealkylation sites (tertiary alicyclic amines) is 1. The number of rotatable bonds is 9. The van der Waals surface area contributed by atoms with Gasteiger partial charge in [-0.2, -0.15) is 0 Å². The fourth-order valence-corrected chi connectivity index (χ4v) is 4.38. The number of aliphatic hydroxyl groups is 1. The van der Waals surface area contributed by atoms with Crippen LogP contribution in [-0.4, -0.2) is 45.5 Å². The number of aliphatic hydroxyl groups excluding tert-OH is 1. The van der Waals surface area contributed by atoms with Gasteiger partial charge in [0, 0.05) is 24.5 Å². The molecule has 3 aromatic rings. The molecule has 0 radical (unpaired) electrons. The van der Waals surface area contributed by atoms with Crippen molar-refractivity contribution in [2.45, 2.75) is 39.3 Å². The standard InChI is InChI=1S/C29H30N2O6/c1-4-5-13-37-23-11-9-21(14-18(23)2)27(33)25-26(20-8-10-22(32)24(15-20)36-3)31(29(35)28(25)34)17-19-7-6-12-30-16-19/h6-12,14-16,26,32-33H,4-5,13,17H2,1-3H3/b27-25+.